The molecule has 0 saturated heterocycles. The largest absolute Gasteiger partial charge is 0.744 e. The van der Waals surface area contributed by atoms with Crippen LogP contribution in [0, 0.1) is 6.92 Å². The van der Waals surface area contributed by atoms with Crippen LogP contribution in [0.2, 0.25) is 0 Å². The van der Waals surface area contributed by atoms with Gasteiger partial charge in [0.15, 0.2) is 5.70 Å². The van der Waals surface area contributed by atoms with Crippen LogP contribution in [-0.2, 0) is 15.5 Å². The Kier molecular flexibility index (Phi) is 6.84. The van der Waals surface area contributed by atoms with Crippen molar-refractivity contribution >= 4 is 43.4 Å². The van der Waals surface area contributed by atoms with Gasteiger partial charge in [-0.05, 0) is 56.8 Å². The molecule has 1 aliphatic rings. The van der Waals surface area contributed by atoms with Crippen molar-refractivity contribution < 1.29 is 13.0 Å². The van der Waals surface area contributed by atoms with Crippen LogP contribution < -0.4 is 15.2 Å². The second-order valence-corrected chi connectivity index (χ2v) is 11.7. The second-order valence-electron chi connectivity index (χ2n) is 9.28. The van der Waals surface area contributed by atoms with Gasteiger partial charge in [0.25, 0.3) is 0 Å². The summed E-state index contributed by atoms with van der Waals surface area (Å²) in [5.74, 6) is 0. The number of aromatic nitrogens is 1. The maximum atomic E-state index is 10.4. The Labute approximate surface area is 226 Å². The minimum Gasteiger partial charge on any atom is -0.744 e. The third kappa shape index (κ3) is 4.96. The van der Waals surface area contributed by atoms with Gasteiger partial charge in [-0.15, -0.1) is 11.3 Å². The van der Waals surface area contributed by atoms with Crippen LogP contribution in [-0.4, -0.2) is 18.0 Å². The lowest BCUT2D eigenvalue weighted by Gasteiger charge is -2.25. The molecule has 0 spiro atoms. The fraction of sp³-hybridized carbons (Fsp3) is 0.0968. The average molecular weight is 539 g/mol. The van der Waals surface area contributed by atoms with Gasteiger partial charge in [0.05, 0.1) is 15.1 Å². The fourth-order valence-electron chi connectivity index (χ4n) is 4.44. The van der Waals surface area contributed by atoms with E-state index in [9.17, 15) is 13.0 Å². The van der Waals surface area contributed by atoms with Crippen LogP contribution in [0.1, 0.15) is 17.5 Å². The first-order valence-electron chi connectivity index (χ1n) is 12.0. The SMILES string of the molecule is C=C1[N+](c2ccccc2)=c2ccccc2=CC1(C)c1nc2ccccc2s1.Cc1ccc(S(=O)(=O)[O-])cc1. The third-order valence-electron chi connectivity index (χ3n) is 6.55. The smallest absolute Gasteiger partial charge is 0.218 e. The first kappa shape index (κ1) is 25.7. The predicted molar refractivity (Wildman–Crippen MR) is 153 cm³/mol. The summed E-state index contributed by atoms with van der Waals surface area (Å²) in [5.41, 5.74) is 3.75. The zero-order valence-electron chi connectivity index (χ0n) is 21.0. The van der Waals surface area contributed by atoms with Gasteiger partial charge < -0.3 is 4.55 Å². The van der Waals surface area contributed by atoms with Gasteiger partial charge in [-0.25, -0.2) is 13.4 Å². The molecule has 0 fully saturated rings. The normalized spacial score (nSPS) is 16.8. The number of rotatable bonds is 3. The summed E-state index contributed by atoms with van der Waals surface area (Å²) in [6, 6.07) is 33.0. The molecular formula is C31H26N2O3S2. The molecule has 1 atom stereocenters. The van der Waals surface area contributed by atoms with Crippen molar-refractivity contribution in [1.29, 1.82) is 0 Å². The average Bonchev–Trinajstić information content (AvgIpc) is 3.35. The van der Waals surface area contributed by atoms with Crippen molar-refractivity contribution in [2.24, 2.45) is 0 Å². The molecule has 5 nitrogen and oxygen atoms in total. The summed E-state index contributed by atoms with van der Waals surface area (Å²) in [6.45, 7) is 8.57. The second kappa shape index (κ2) is 10.1. The van der Waals surface area contributed by atoms with Crippen LogP contribution in [0.3, 0.4) is 0 Å². The van der Waals surface area contributed by atoms with E-state index in [1.165, 1.54) is 22.1 Å². The summed E-state index contributed by atoms with van der Waals surface area (Å²) >= 11 is 1.75. The number of aryl methyl sites for hydroxylation is 1. The quantitative estimate of drug-likeness (QED) is 0.231. The highest BCUT2D eigenvalue weighted by Crippen LogP contribution is 2.39. The Balaban J connectivity index is 0.000000226. The van der Waals surface area contributed by atoms with Crippen molar-refractivity contribution in [1.82, 2.24) is 9.56 Å². The van der Waals surface area contributed by atoms with E-state index in [-0.39, 0.29) is 10.3 Å². The molecule has 1 unspecified atom stereocenters. The van der Waals surface area contributed by atoms with Gasteiger partial charge in [0.2, 0.25) is 11.0 Å². The minimum absolute atomic E-state index is 0.178. The standard InChI is InChI=1S/C24H19N2S.C7H8O3S/c1-17-24(2,23-25-20-13-7-9-15-22(20)27-23)16-18-10-6-8-14-21(18)26(17)19-11-4-3-5-12-19;1-6-2-4-7(5-3-6)11(8,9)10/h3-16H,1H2,2H3;2-5H,1H3,(H,8,9,10)/q+1;/p-1. The Bertz CT molecular complexity index is 1840. The van der Waals surface area contributed by atoms with Crippen LogP contribution in [0.5, 0.6) is 0 Å². The third-order valence-corrected chi connectivity index (χ3v) is 8.68. The molecule has 0 radical (unpaired) electrons. The van der Waals surface area contributed by atoms with Crippen molar-refractivity contribution in [3.8, 4) is 0 Å². The first-order chi connectivity index (χ1) is 18.2. The number of fused-ring (bicyclic) bond motifs is 2. The number of benzene rings is 4. The van der Waals surface area contributed by atoms with Crippen molar-refractivity contribution in [2.45, 2.75) is 24.2 Å². The lowest BCUT2D eigenvalue weighted by molar-refractivity contribution is 0.463. The Hall–Kier alpha value is -3.91. The highest BCUT2D eigenvalue weighted by molar-refractivity contribution is 7.85. The summed E-state index contributed by atoms with van der Waals surface area (Å²) in [4.78, 5) is 4.78. The van der Waals surface area contributed by atoms with E-state index in [0.29, 0.717) is 0 Å². The molecule has 5 aromatic rings. The molecule has 0 aliphatic carbocycles. The molecule has 7 heteroatoms. The summed E-state index contributed by atoms with van der Waals surface area (Å²) < 4.78 is 34.6. The maximum absolute atomic E-state index is 10.4. The topological polar surface area (TPSA) is 73.1 Å². The molecule has 38 heavy (non-hydrogen) atoms. The zero-order chi connectivity index (χ0) is 26.9. The van der Waals surface area contributed by atoms with Crippen molar-refractivity contribution in [3.63, 3.8) is 0 Å². The molecule has 6 rings (SSSR count). The van der Waals surface area contributed by atoms with Gasteiger partial charge in [-0.2, -0.15) is 4.58 Å². The maximum Gasteiger partial charge on any atom is 0.218 e. The molecule has 1 aromatic heterocycles. The molecule has 0 N–H and O–H groups in total. The number of nitrogens with zero attached hydrogens (tertiary/aromatic N) is 2. The highest BCUT2D eigenvalue weighted by atomic mass is 32.2. The van der Waals surface area contributed by atoms with E-state index in [2.05, 4.69) is 90.9 Å². The molecule has 0 amide bonds. The number of thiazole rings is 1. The van der Waals surface area contributed by atoms with E-state index in [1.54, 1.807) is 23.5 Å². The molecule has 0 saturated carbocycles. The van der Waals surface area contributed by atoms with Gasteiger partial charge in [-0.1, -0.05) is 60.2 Å². The summed E-state index contributed by atoms with van der Waals surface area (Å²) in [6.07, 6.45) is 2.31. The van der Waals surface area contributed by atoms with Crippen molar-refractivity contribution in [3.05, 3.63) is 137 Å². The molecule has 1 aliphatic heterocycles. The lowest BCUT2D eigenvalue weighted by Crippen LogP contribution is -2.47. The number of para-hydroxylation sites is 3. The van der Waals surface area contributed by atoms with E-state index in [0.717, 1.165) is 32.8 Å². The number of allylic oxidation sites excluding steroid dienone is 1. The molecular weight excluding hydrogens is 512 g/mol. The van der Waals surface area contributed by atoms with Crippen LogP contribution in [0.4, 0.5) is 5.69 Å². The minimum atomic E-state index is -4.27. The van der Waals surface area contributed by atoms with Crippen molar-refractivity contribution in [2.75, 3.05) is 0 Å². The summed E-state index contributed by atoms with van der Waals surface area (Å²) in [5, 5.41) is 3.44. The fourth-order valence-corrected chi connectivity index (χ4v) is 6.02. The van der Waals surface area contributed by atoms with Gasteiger partial charge >= 0.3 is 0 Å². The predicted octanol–water partition coefficient (Wildman–Crippen LogP) is 5.28. The van der Waals surface area contributed by atoms with E-state index in [1.807, 2.05) is 19.1 Å². The van der Waals surface area contributed by atoms with Crippen LogP contribution in [0.25, 0.3) is 16.3 Å². The molecule has 4 aromatic carbocycles. The van der Waals surface area contributed by atoms with Gasteiger partial charge in [-0.3, -0.25) is 0 Å². The zero-order valence-corrected chi connectivity index (χ0v) is 22.7. The monoisotopic (exact) mass is 538 g/mol. The first-order valence-corrected chi connectivity index (χ1v) is 14.3. The molecule has 2 heterocycles. The van der Waals surface area contributed by atoms with Gasteiger partial charge in [0.1, 0.15) is 20.5 Å². The Morgan fingerprint density at radius 3 is 2.18 bits per heavy atom. The molecule has 190 valence electrons. The van der Waals surface area contributed by atoms with E-state index >= 15 is 0 Å². The summed E-state index contributed by atoms with van der Waals surface area (Å²) in [7, 11) is -4.27. The van der Waals surface area contributed by atoms with Crippen LogP contribution in [0.15, 0.2) is 120 Å². The highest BCUT2D eigenvalue weighted by Gasteiger charge is 2.41. The van der Waals surface area contributed by atoms with Gasteiger partial charge in [0, 0.05) is 23.4 Å². The lowest BCUT2D eigenvalue weighted by atomic mass is 9.84. The van der Waals surface area contributed by atoms with E-state index < -0.39 is 10.1 Å². The van der Waals surface area contributed by atoms with Crippen LogP contribution >= 0.6 is 11.3 Å². The number of hydrogen-bond acceptors (Lipinski definition) is 5. The van der Waals surface area contributed by atoms with E-state index in [4.69, 9.17) is 4.98 Å². The molecule has 0 bridgehead atoms. The Morgan fingerprint density at radius 1 is 0.868 bits per heavy atom. The number of hydrogen-bond donors (Lipinski definition) is 0. The Morgan fingerprint density at radius 2 is 1.50 bits per heavy atom.